The fourth-order valence-corrected chi connectivity index (χ4v) is 5.93. The summed E-state index contributed by atoms with van der Waals surface area (Å²) in [6, 6.07) is 47.8. The second-order valence-corrected chi connectivity index (χ2v) is 9.75. The fraction of sp³-hybridized carbons (Fsp3) is 0. The van der Waals surface area contributed by atoms with Gasteiger partial charge in [0, 0.05) is 28.2 Å². The molecule has 3 heteroatoms. The lowest BCUT2D eigenvalue weighted by Crippen LogP contribution is -2.01. The number of aromatic amines is 1. The zero-order valence-corrected chi connectivity index (χ0v) is 20.7. The van der Waals surface area contributed by atoms with Crippen LogP contribution in [0.3, 0.4) is 0 Å². The number of aromatic nitrogens is 3. The van der Waals surface area contributed by atoms with Gasteiger partial charge in [-0.1, -0.05) is 66.7 Å². The molecule has 0 aliphatic carbocycles. The maximum absolute atomic E-state index is 3.51. The summed E-state index contributed by atoms with van der Waals surface area (Å²) in [5.41, 5.74) is 10.7. The van der Waals surface area contributed by atoms with Gasteiger partial charge in [0.25, 0.3) is 0 Å². The summed E-state index contributed by atoms with van der Waals surface area (Å²) in [7, 11) is 0. The minimum absolute atomic E-state index is 1.15. The quantitative estimate of drug-likeness (QED) is 0.240. The molecule has 3 nitrogen and oxygen atoms in total. The molecule has 0 aliphatic heterocycles. The summed E-state index contributed by atoms with van der Waals surface area (Å²) in [6.07, 6.45) is 2.01. The molecule has 3 heterocycles. The summed E-state index contributed by atoms with van der Waals surface area (Å²) in [5.74, 6) is 0. The Morgan fingerprint density at radius 3 is 1.63 bits per heavy atom. The van der Waals surface area contributed by atoms with Gasteiger partial charge in [-0.25, -0.2) is 4.98 Å². The molecule has 0 amide bonds. The van der Waals surface area contributed by atoms with E-state index >= 15 is 0 Å². The van der Waals surface area contributed by atoms with E-state index in [9.17, 15) is 0 Å². The lowest BCUT2D eigenvalue weighted by molar-refractivity contribution is -0.343. The molecular formula is C35H24N3+. The van der Waals surface area contributed by atoms with Crippen molar-refractivity contribution in [3.8, 4) is 22.5 Å². The molecule has 3 aromatic heterocycles. The minimum atomic E-state index is 1.15. The van der Waals surface area contributed by atoms with E-state index in [0.29, 0.717) is 0 Å². The molecule has 0 saturated heterocycles. The molecule has 0 atom stereocenters. The van der Waals surface area contributed by atoms with Crippen molar-refractivity contribution in [2.45, 2.75) is 0 Å². The Morgan fingerprint density at radius 2 is 0.921 bits per heavy atom. The number of H-pyrrole nitrogens is 1. The Balaban J connectivity index is 1.36. The maximum atomic E-state index is 3.51. The highest BCUT2D eigenvalue weighted by Gasteiger charge is 2.18. The zero-order valence-electron chi connectivity index (χ0n) is 20.7. The largest absolute Gasteiger partial charge is 0.309 e. The van der Waals surface area contributed by atoms with Crippen molar-refractivity contribution in [2.75, 3.05) is 0 Å². The molecule has 0 aliphatic rings. The van der Waals surface area contributed by atoms with Crippen molar-refractivity contribution in [3.05, 3.63) is 140 Å². The van der Waals surface area contributed by atoms with Crippen LogP contribution in [0.5, 0.6) is 0 Å². The number of hydrogen-bond donors (Lipinski definition) is 0. The standard InChI is InChI=1S/C35H23N3/c1-3-10-26(11-4-1)37-31-15-8-7-14-28(31)29-22-24(17-19-32(29)37)25-18-20-33-30(23-25)35-34(16-9-21-36-35)38(33)27-12-5-2-6-13-27/h1-23H/p+1. The first kappa shape index (κ1) is 21.0. The monoisotopic (exact) mass is 486 g/mol. The summed E-state index contributed by atoms with van der Waals surface area (Å²) in [6.45, 7) is 0. The van der Waals surface area contributed by atoms with Crippen LogP contribution in [0.4, 0.5) is 0 Å². The van der Waals surface area contributed by atoms with E-state index in [4.69, 9.17) is 0 Å². The van der Waals surface area contributed by atoms with Gasteiger partial charge in [0.05, 0.1) is 21.9 Å². The van der Waals surface area contributed by atoms with E-state index < -0.39 is 0 Å². The average molecular weight is 487 g/mol. The van der Waals surface area contributed by atoms with Crippen molar-refractivity contribution < 1.29 is 4.98 Å². The van der Waals surface area contributed by atoms with Gasteiger partial charge in [-0.05, 0) is 71.8 Å². The Labute approximate surface area is 219 Å². The van der Waals surface area contributed by atoms with Crippen LogP contribution in [0.1, 0.15) is 0 Å². The van der Waals surface area contributed by atoms with Gasteiger partial charge in [-0.3, -0.25) is 0 Å². The molecule has 1 N–H and O–H groups in total. The second kappa shape index (κ2) is 8.19. The summed E-state index contributed by atoms with van der Waals surface area (Å²) < 4.78 is 4.70. The van der Waals surface area contributed by atoms with Crippen molar-refractivity contribution in [3.63, 3.8) is 0 Å². The number of fused-ring (bicyclic) bond motifs is 6. The molecule has 0 fully saturated rings. The van der Waals surface area contributed by atoms with E-state index in [1.165, 1.54) is 55.0 Å². The topological polar surface area (TPSA) is 24.0 Å². The van der Waals surface area contributed by atoms with E-state index in [0.717, 1.165) is 11.2 Å². The number of para-hydroxylation sites is 3. The predicted octanol–water partition coefficient (Wildman–Crippen LogP) is 8.36. The SMILES string of the molecule is c1ccc(-n2c3ccccc3c3cc(-c4ccc5c(c4)c4[nH+]cccc4n5-c4ccccc4)ccc32)cc1. The van der Waals surface area contributed by atoms with Crippen molar-refractivity contribution >= 4 is 43.7 Å². The maximum Gasteiger partial charge on any atom is 0.237 e. The Bertz CT molecular complexity index is 1960. The lowest BCUT2D eigenvalue weighted by atomic mass is 10.0. The molecule has 5 aromatic carbocycles. The molecular weight excluding hydrogens is 462 g/mol. The van der Waals surface area contributed by atoms with Gasteiger partial charge >= 0.3 is 0 Å². The number of nitrogens with one attached hydrogen (secondary N) is 1. The number of pyridine rings is 1. The highest BCUT2D eigenvalue weighted by molar-refractivity contribution is 6.11. The van der Waals surface area contributed by atoms with E-state index in [-0.39, 0.29) is 0 Å². The van der Waals surface area contributed by atoms with Crippen LogP contribution in [-0.2, 0) is 0 Å². The van der Waals surface area contributed by atoms with Crippen molar-refractivity contribution in [2.24, 2.45) is 0 Å². The van der Waals surface area contributed by atoms with Crippen LogP contribution >= 0.6 is 0 Å². The zero-order chi connectivity index (χ0) is 25.1. The number of benzene rings is 5. The van der Waals surface area contributed by atoms with Gasteiger partial charge in [-0.2, -0.15) is 0 Å². The van der Waals surface area contributed by atoms with E-state index in [2.05, 4.69) is 148 Å². The number of hydrogen-bond acceptors (Lipinski definition) is 0. The smallest absolute Gasteiger partial charge is 0.237 e. The van der Waals surface area contributed by atoms with Crippen LogP contribution in [0.2, 0.25) is 0 Å². The third-order valence-electron chi connectivity index (χ3n) is 7.62. The molecule has 38 heavy (non-hydrogen) atoms. The van der Waals surface area contributed by atoms with Gasteiger partial charge in [0.2, 0.25) is 5.52 Å². The minimum Gasteiger partial charge on any atom is -0.309 e. The summed E-state index contributed by atoms with van der Waals surface area (Å²) in [4.78, 5) is 3.51. The number of rotatable bonds is 3. The van der Waals surface area contributed by atoms with Gasteiger partial charge in [0.15, 0.2) is 6.20 Å². The normalized spacial score (nSPS) is 11.7. The van der Waals surface area contributed by atoms with Crippen molar-refractivity contribution in [1.82, 2.24) is 9.13 Å². The van der Waals surface area contributed by atoms with Crippen LogP contribution in [-0.4, -0.2) is 9.13 Å². The van der Waals surface area contributed by atoms with Gasteiger partial charge in [-0.15, -0.1) is 0 Å². The Kier molecular flexibility index (Phi) is 4.52. The predicted molar refractivity (Wildman–Crippen MR) is 157 cm³/mol. The molecule has 0 radical (unpaired) electrons. The summed E-state index contributed by atoms with van der Waals surface area (Å²) in [5, 5.41) is 3.75. The molecule has 0 saturated carbocycles. The average Bonchev–Trinajstić information content (AvgIpc) is 3.50. The third-order valence-corrected chi connectivity index (χ3v) is 7.62. The molecule has 0 bridgehead atoms. The third kappa shape index (κ3) is 3.06. The van der Waals surface area contributed by atoms with Crippen molar-refractivity contribution in [1.29, 1.82) is 0 Å². The lowest BCUT2D eigenvalue weighted by Gasteiger charge is -2.09. The fourth-order valence-electron chi connectivity index (χ4n) is 5.93. The summed E-state index contributed by atoms with van der Waals surface area (Å²) >= 11 is 0. The second-order valence-electron chi connectivity index (χ2n) is 9.75. The first-order valence-electron chi connectivity index (χ1n) is 13.0. The van der Waals surface area contributed by atoms with Crippen LogP contribution in [0.25, 0.3) is 66.2 Å². The highest BCUT2D eigenvalue weighted by Crippen LogP contribution is 2.37. The Hall–Kier alpha value is -5.15. The first-order valence-corrected chi connectivity index (χ1v) is 13.0. The van der Waals surface area contributed by atoms with Gasteiger partial charge in [0.1, 0.15) is 5.52 Å². The molecule has 8 aromatic rings. The highest BCUT2D eigenvalue weighted by atomic mass is 15.0. The number of nitrogens with zero attached hydrogens (tertiary/aromatic N) is 2. The van der Waals surface area contributed by atoms with E-state index in [1.54, 1.807) is 0 Å². The molecule has 8 rings (SSSR count). The van der Waals surface area contributed by atoms with Crippen LogP contribution < -0.4 is 4.98 Å². The molecule has 0 spiro atoms. The van der Waals surface area contributed by atoms with Crippen LogP contribution in [0.15, 0.2) is 140 Å². The van der Waals surface area contributed by atoms with Crippen LogP contribution in [0, 0.1) is 0 Å². The van der Waals surface area contributed by atoms with E-state index in [1.807, 2.05) is 6.20 Å². The van der Waals surface area contributed by atoms with Gasteiger partial charge < -0.3 is 9.13 Å². The Morgan fingerprint density at radius 1 is 0.395 bits per heavy atom. The molecule has 0 unspecified atom stereocenters. The molecule has 178 valence electrons. The first-order chi connectivity index (χ1) is 18.9.